The third-order valence-electron chi connectivity index (χ3n) is 3.28. The van der Waals surface area contributed by atoms with Gasteiger partial charge in [0.25, 0.3) is 5.91 Å². The van der Waals surface area contributed by atoms with E-state index in [4.69, 9.17) is 20.8 Å². The molecule has 0 radical (unpaired) electrons. The molecule has 1 amide bonds. The molecule has 6 nitrogen and oxygen atoms in total. The van der Waals surface area contributed by atoms with E-state index < -0.39 is 0 Å². The number of ether oxygens (including phenoxy) is 1. The lowest BCUT2D eigenvalue weighted by Gasteiger charge is -2.25. The minimum absolute atomic E-state index is 0.105. The Morgan fingerprint density at radius 3 is 3.14 bits per heavy atom. The summed E-state index contributed by atoms with van der Waals surface area (Å²) in [5.74, 6) is 1.27. The first-order valence-electron chi connectivity index (χ1n) is 6.53. The minimum atomic E-state index is -0.105. The molecule has 0 spiro atoms. The Morgan fingerprint density at radius 2 is 2.38 bits per heavy atom. The van der Waals surface area contributed by atoms with E-state index >= 15 is 0 Å². The average Bonchev–Trinajstić information content (AvgIpc) is 2.88. The van der Waals surface area contributed by atoms with E-state index in [1.807, 2.05) is 0 Å². The fourth-order valence-electron chi connectivity index (χ4n) is 2.32. The zero-order chi connectivity index (χ0) is 14.8. The highest BCUT2D eigenvalue weighted by atomic mass is 35.5. The van der Waals surface area contributed by atoms with Crippen molar-refractivity contribution in [3.63, 3.8) is 0 Å². The second-order valence-corrected chi connectivity index (χ2v) is 5.22. The molecule has 1 aliphatic heterocycles. The van der Waals surface area contributed by atoms with Gasteiger partial charge in [0.1, 0.15) is 18.1 Å². The fourth-order valence-corrected chi connectivity index (χ4v) is 2.50. The number of carbonyl (C=O) groups is 1. The van der Waals surface area contributed by atoms with Crippen molar-refractivity contribution in [2.24, 2.45) is 0 Å². The van der Waals surface area contributed by atoms with Crippen molar-refractivity contribution in [1.29, 1.82) is 0 Å². The molecule has 0 unspecified atom stereocenters. The van der Waals surface area contributed by atoms with Gasteiger partial charge in [0.15, 0.2) is 0 Å². The van der Waals surface area contributed by atoms with E-state index in [1.54, 1.807) is 18.1 Å². The molecule has 0 aliphatic carbocycles. The van der Waals surface area contributed by atoms with Crippen LogP contribution in [0.3, 0.4) is 0 Å². The molecule has 7 heteroatoms. The second kappa shape index (κ2) is 5.83. The van der Waals surface area contributed by atoms with Crippen LogP contribution in [-0.2, 0) is 24.3 Å². The molecular weight excluding hydrogens is 294 g/mol. The molecule has 21 heavy (non-hydrogen) atoms. The number of halogens is 1. The highest BCUT2D eigenvalue weighted by molar-refractivity contribution is 6.30. The van der Waals surface area contributed by atoms with Gasteiger partial charge in [-0.05, 0) is 6.07 Å². The first kappa shape index (κ1) is 14.0. The normalized spacial score (nSPS) is 14.1. The van der Waals surface area contributed by atoms with Gasteiger partial charge in [-0.1, -0.05) is 11.6 Å². The van der Waals surface area contributed by atoms with Crippen LogP contribution in [0.25, 0.3) is 0 Å². The van der Waals surface area contributed by atoms with Gasteiger partial charge in [-0.25, -0.2) is 4.98 Å². The molecule has 3 rings (SSSR count). The Hall–Kier alpha value is -1.92. The van der Waals surface area contributed by atoms with E-state index in [-0.39, 0.29) is 5.91 Å². The van der Waals surface area contributed by atoms with Crippen molar-refractivity contribution in [2.75, 3.05) is 13.7 Å². The maximum absolute atomic E-state index is 12.4. The van der Waals surface area contributed by atoms with Gasteiger partial charge in [0, 0.05) is 32.5 Å². The predicted octanol–water partition coefficient (Wildman–Crippen LogP) is 2.07. The summed E-state index contributed by atoms with van der Waals surface area (Å²) in [7, 11) is 1.59. The Morgan fingerprint density at radius 1 is 1.52 bits per heavy atom. The van der Waals surface area contributed by atoms with Crippen molar-refractivity contribution in [3.8, 4) is 0 Å². The first-order valence-corrected chi connectivity index (χ1v) is 6.91. The monoisotopic (exact) mass is 307 g/mol. The van der Waals surface area contributed by atoms with E-state index in [2.05, 4.69) is 9.97 Å². The molecule has 0 aromatic carbocycles. The lowest BCUT2D eigenvalue weighted by atomic mass is 10.1. The van der Waals surface area contributed by atoms with Gasteiger partial charge in [0.2, 0.25) is 5.89 Å². The molecular formula is C14H14ClN3O3. The molecule has 0 fully saturated rings. The predicted molar refractivity (Wildman–Crippen MR) is 74.9 cm³/mol. The summed E-state index contributed by atoms with van der Waals surface area (Å²) < 4.78 is 10.6. The summed E-state index contributed by atoms with van der Waals surface area (Å²) in [6, 6.07) is 1.62. The number of hydrogen-bond acceptors (Lipinski definition) is 5. The lowest BCUT2D eigenvalue weighted by molar-refractivity contribution is 0.0727. The number of methoxy groups -OCH3 is 1. The zero-order valence-electron chi connectivity index (χ0n) is 11.5. The van der Waals surface area contributed by atoms with Gasteiger partial charge < -0.3 is 14.1 Å². The van der Waals surface area contributed by atoms with Crippen molar-refractivity contribution < 1.29 is 13.9 Å². The van der Waals surface area contributed by atoms with E-state index in [1.165, 1.54) is 12.4 Å². The highest BCUT2D eigenvalue weighted by Gasteiger charge is 2.26. The van der Waals surface area contributed by atoms with Crippen LogP contribution < -0.4 is 0 Å². The molecule has 0 bridgehead atoms. The Bertz CT molecular complexity index is 671. The van der Waals surface area contributed by atoms with Gasteiger partial charge >= 0.3 is 0 Å². The number of nitrogens with zero attached hydrogens (tertiary/aromatic N) is 3. The van der Waals surface area contributed by atoms with Crippen LogP contribution in [0, 0.1) is 0 Å². The number of oxazole rings is 1. The summed E-state index contributed by atoms with van der Waals surface area (Å²) in [5, 5.41) is 0.447. The first-order chi connectivity index (χ1) is 10.2. The van der Waals surface area contributed by atoms with Crippen molar-refractivity contribution >= 4 is 17.5 Å². The molecule has 0 saturated carbocycles. The molecule has 2 aromatic rings. The van der Waals surface area contributed by atoms with Crippen molar-refractivity contribution in [1.82, 2.24) is 14.9 Å². The minimum Gasteiger partial charge on any atom is -0.443 e. The Labute approximate surface area is 126 Å². The third kappa shape index (κ3) is 2.91. The van der Waals surface area contributed by atoms with Crippen LogP contribution in [0.2, 0.25) is 5.02 Å². The number of carbonyl (C=O) groups excluding carboxylic acids is 1. The quantitative estimate of drug-likeness (QED) is 0.868. The SMILES string of the molecule is COCc1nc2c(o1)CCN(C(=O)c1cncc(Cl)c1)C2. The van der Waals surface area contributed by atoms with Gasteiger partial charge in [-0.2, -0.15) is 0 Å². The number of fused-ring (bicyclic) bond motifs is 1. The van der Waals surface area contributed by atoms with E-state index in [9.17, 15) is 4.79 Å². The maximum Gasteiger partial charge on any atom is 0.255 e. The fraction of sp³-hybridized carbons (Fsp3) is 0.357. The summed E-state index contributed by atoms with van der Waals surface area (Å²) >= 11 is 5.87. The van der Waals surface area contributed by atoms with Crippen LogP contribution in [-0.4, -0.2) is 34.4 Å². The largest absolute Gasteiger partial charge is 0.443 e. The van der Waals surface area contributed by atoms with Crippen molar-refractivity contribution in [3.05, 3.63) is 46.4 Å². The maximum atomic E-state index is 12.4. The topological polar surface area (TPSA) is 68.5 Å². The molecule has 0 atom stereocenters. The van der Waals surface area contributed by atoms with Crippen LogP contribution in [0.15, 0.2) is 22.9 Å². The molecule has 0 N–H and O–H groups in total. The number of pyridine rings is 1. The number of hydrogen-bond donors (Lipinski definition) is 0. The average molecular weight is 308 g/mol. The molecule has 2 aromatic heterocycles. The zero-order valence-corrected chi connectivity index (χ0v) is 12.3. The van der Waals surface area contributed by atoms with Crippen LogP contribution in [0.5, 0.6) is 0 Å². The summed E-state index contributed by atoms with van der Waals surface area (Å²) in [6.07, 6.45) is 3.66. The number of aromatic nitrogens is 2. The second-order valence-electron chi connectivity index (χ2n) is 4.78. The molecule has 0 saturated heterocycles. The van der Waals surface area contributed by atoms with Crippen LogP contribution in [0.4, 0.5) is 0 Å². The standard InChI is InChI=1S/C14H14ClN3O3/c1-20-8-13-17-11-7-18(3-2-12(11)21-13)14(19)9-4-10(15)6-16-5-9/h4-6H,2-3,7-8H2,1H3. The third-order valence-corrected chi connectivity index (χ3v) is 3.49. The number of rotatable bonds is 3. The van der Waals surface area contributed by atoms with E-state index in [0.717, 1.165) is 11.5 Å². The van der Waals surface area contributed by atoms with Gasteiger partial charge in [-0.3, -0.25) is 9.78 Å². The molecule has 3 heterocycles. The Balaban J connectivity index is 1.77. The van der Waals surface area contributed by atoms with E-state index in [0.29, 0.717) is 42.6 Å². The summed E-state index contributed by atoms with van der Waals surface area (Å²) in [6.45, 7) is 1.34. The molecule has 1 aliphatic rings. The van der Waals surface area contributed by atoms with Crippen molar-refractivity contribution in [2.45, 2.75) is 19.6 Å². The molecule has 110 valence electrons. The van der Waals surface area contributed by atoms with Crippen LogP contribution in [0.1, 0.15) is 27.7 Å². The van der Waals surface area contributed by atoms with Gasteiger partial charge in [0.05, 0.1) is 17.1 Å². The van der Waals surface area contributed by atoms with Crippen LogP contribution >= 0.6 is 11.6 Å². The lowest BCUT2D eigenvalue weighted by Crippen LogP contribution is -2.35. The summed E-state index contributed by atoms with van der Waals surface area (Å²) in [4.78, 5) is 22.5. The number of amides is 1. The smallest absolute Gasteiger partial charge is 0.255 e. The Kier molecular flexibility index (Phi) is 3.90. The summed E-state index contributed by atoms with van der Waals surface area (Å²) in [5.41, 5.74) is 1.27. The highest BCUT2D eigenvalue weighted by Crippen LogP contribution is 2.22. The van der Waals surface area contributed by atoms with Gasteiger partial charge in [-0.15, -0.1) is 0 Å².